The zero-order chi connectivity index (χ0) is 15.4. The van der Waals surface area contributed by atoms with Crippen molar-refractivity contribution in [3.8, 4) is 11.5 Å². The average molecular weight is 290 g/mol. The van der Waals surface area contributed by atoms with Gasteiger partial charge < -0.3 is 14.6 Å². The van der Waals surface area contributed by atoms with Crippen LogP contribution in [0.5, 0.6) is 11.5 Å². The number of aryl methyl sites for hydroxylation is 2. The summed E-state index contributed by atoms with van der Waals surface area (Å²) >= 11 is 0. The Morgan fingerprint density at radius 1 is 1.33 bits per heavy atom. The van der Waals surface area contributed by atoms with Crippen molar-refractivity contribution in [2.24, 2.45) is 7.05 Å². The maximum Gasteiger partial charge on any atom is 0.335 e. The summed E-state index contributed by atoms with van der Waals surface area (Å²) in [5.74, 6) is -0.103. The number of carbonyl (C=O) groups is 1. The van der Waals surface area contributed by atoms with Crippen molar-refractivity contribution in [3.05, 3.63) is 41.2 Å². The van der Waals surface area contributed by atoms with E-state index in [1.165, 1.54) is 19.2 Å². The van der Waals surface area contributed by atoms with Crippen LogP contribution in [0.4, 0.5) is 0 Å². The highest BCUT2D eigenvalue weighted by Gasteiger charge is 2.11. The minimum Gasteiger partial charge on any atom is -0.493 e. The van der Waals surface area contributed by atoms with Crippen LogP contribution < -0.4 is 9.47 Å². The Bertz CT molecular complexity index is 649. The molecule has 1 aromatic carbocycles. The van der Waals surface area contributed by atoms with Crippen LogP contribution in [-0.2, 0) is 20.1 Å². The van der Waals surface area contributed by atoms with Gasteiger partial charge in [0, 0.05) is 7.05 Å². The number of rotatable bonds is 6. The third-order valence-electron chi connectivity index (χ3n) is 3.18. The minimum absolute atomic E-state index is 0.160. The molecule has 6 heteroatoms. The fraction of sp³-hybridized carbons (Fsp3) is 0.333. The number of carboxylic acids is 1. The summed E-state index contributed by atoms with van der Waals surface area (Å²) in [5.41, 5.74) is 2.11. The molecule has 0 amide bonds. The fourth-order valence-electron chi connectivity index (χ4n) is 1.95. The van der Waals surface area contributed by atoms with Crippen LogP contribution in [0.2, 0.25) is 0 Å². The van der Waals surface area contributed by atoms with Crippen LogP contribution in [0.25, 0.3) is 0 Å². The smallest absolute Gasteiger partial charge is 0.335 e. The molecule has 0 radical (unpaired) electrons. The molecule has 0 aliphatic carbocycles. The monoisotopic (exact) mass is 290 g/mol. The molecule has 6 nitrogen and oxygen atoms in total. The predicted molar refractivity (Wildman–Crippen MR) is 76.9 cm³/mol. The Hall–Kier alpha value is -2.50. The van der Waals surface area contributed by atoms with Gasteiger partial charge in [-0.2, -0.15) is 5.10 Å². The van der Waals surface area contributed by atoms with Gasteiger partial charge in [0.1, 0.15) is 6.61 Å². The largest absolute Gasteiger partial charge is 0.493 e. The van der Waals surface area contributed by atoms with Crippen LogP contribution in [0.3, 0.4) is 0 Å². The highest BCUT2D eigenvalue weighted by Crippen LogP contribution is 2.28. The fourth-order valence-corrected chi connectivity index (χ4v) is 1.95. The maximum atomic E-state index is 10.9. The Morgan fingerprint density at radius 3 is 2.67 bits per heavy atom. The van der Waals surface area contributed by atoms with E-state index in [0.29, 0.717) is 18.1 Å². The molecule has 0 bridgehead atoms. The molecule has 0 aliphatic heterocycles. The molecule has 1 N–H and O–H groups in total. The molecule has 1 aromatic heterocycles. The number of carboxylic acid groups (broad SMARTS) is 1. The van der Waals surface area contributed by atoms with Crippen molar-refractivity contribution >= 4 is 5.97 Å². The summed E-state index contributed by atoms with van der Waals surface area (Å²) in [4.78, 5) is 10.9. The summed E-state index contributed by atoms with van der Waals surface area (Å²) < 4.78 is 12.7. The number of aromatic carboxylic acids is 1. The molecule has 0 atom stereocenters. The summed E-state index contributed by atoms with van der Waals surface area (Å²) in [6, 6.07) is 6.51. The van der Waals surface area contributed by atoms with Crippen LogP contribution >= 0.6 is 0 Å². The van der Waals surface area contributed by atoms with Gasteiger partial charge in [0.2, 0.25) is 0 Å². The van der Waals surface area contributed by atoms with Gasteiger partial charge in [-0.1, -0.05) is 6.92 Å². The van der Waals surface area contributed by atoms with Gasteiger partial charge in [0.25, 0.3) is 0 Å². The zero-order valence-corrected chi connectivity index (χ0v) is 12.3. The third-order valence-corrected chi connectivity index (χ3v) is 3.18. The molecule has 2 rings (SSSR count). The molecule has 2 aromatic rings. The predicted octanol–water partition coefficient (Wildman–Crippen LogP) is 2.27. The van der Waals surface area contributed by atoms with Gasteiger partial charge in [-0.3, -0.25) is 4.68 Å². The van der Waals surface area contributed by atoms with Crippen LogP contribution in [-0.4, -0.2) is 28.0 Å². The van der Waals surface area contributed by atoms with Gasteiger partial charge in [-0.05, 0) is 30.7 Å². The molecule has 112 valence electrons. The standard InChI is InChI=1S/C15H18N2O4/c1-4-11-8-12(17(2)16-11)9-21-13-6-5-10(15(18)19)7-14(13)20-3/h5-8H,4,9H2,1-3H3,(H,18,19). The number of ether oxygens (including phenoxy) is 2. The first-order chi connectivity index (χ1) is 10.0. The Balaban J connectivity index is 2.15. The summed E-state index contributed by atoms with van der Waals surface area (Å²) in [5, 5.41) is 13.3. The number of hydrogen-bond donors (Lipinski definition) is 1. The van der Waals surface area contributed by atoms with Crippen molar-refractivity contribution in [1.29, 1.82) is 0 Å². The first-order valence-electron chi connectivity index (χ1n) is 6.61. The van der Waals surface area contributed by atoms with Gasteiger partial charge in [0.15, 0.2) is 11.5 Å². The summed E-state index contributed by atoms with van der Waals surface area (Å²) in [7, 11) is 3.34. The molecule has 0 saturated heterocycles. The molecule has 0 unspecified atom stereocenters. The summed E-state index contributed by atoms with van der Waals surface area (Å²) in [6.07, 6.45) is 0.866. The van der Waals surface area contributed by atoms with Gasteiger partial charge in [-0.15, -0.1) is 0 Å². The number of methoxy groups -OCH3 is 1. The lowest BCUT2D eigenvalue weighted by molar-refractivity contribution is 0.0696. The number of benzene rings is 1. The normalized spacial score (nSPS) is 10.4. The van der Waals surface area contributed by atoms with Crippen LogP contribution in [0.1, 0.15) is 28.7 Å². The molecule has 1 heterocycles. The van der Waals surface area contributed by atoms with Crippen molar-refractivity contribution in [1.82, 2.24) is 9.78 Å². The van der Waals surface area contributed by atoms with E-state index in [-0.39, 0.29) is 5.56 Å². The molecular weight excluding hydrogens is 272 g/mol. The number of aromatic nitrogens is 2. The van der Waals surface area contributed by atoms with Crippen molar-refractivity contribution in [3.63, 3.8) is 0 Å². The van der Waals surface area contributed by atoms with Crippen LogP contribution in [0.15, 0.2) is 24.3 Å². The maximum absolute atomic E-state index is 10.9. The molecule has 0 spiro atoms. The summed E-state index contributed by atoms with van der Waals surface area (Å²) in [6.45, 7) is 2.38. The quantitative estimate of drug-likeness (QED) is 0.883. The number of nitrogens with zero attached hydrogens (tertiary/aromatic N) is 2. The molecule has 0 fully saturated rings. The first-order valence-corrected chi connectivity index (χ1v) is 6.61. The lowest BCUT2D eigenvalue weighted by Gasteiger charge is -2.11. The second-order valence-electron chi connectivity index (χ2n) is 4.56. The van der Waals surface area contributed by atoms with E-state index in [0.717, 1.165) is 17.8 Å². The molecule has 21 heavy (non-hydrogen) atoms. The third kappa shape index (κ3) is 3.34. The van der Waals surface area contributed by atoms with Crippen molar-refractivity contribution in [2.45, 2.75) is 20.0 Å². The average Bonchev–Trinajstić information content (AvgIpc) is 2.85. The second kappa shape index (κ2) is 6.30. The van der Waals surface area contributed by atoms with Gasteiger partial charge in [-0.25, -0.2) is 4.79 Å². The topological polar surface area (TPSA) is 73.6 Å². The van der Waals surface area contributed by atoms with E-state index in [2.05, 4.69) is 5.10 Å². The Labute approximate surface area is 122 Å². The molecule has 0 aliphatic rings. The number of hydrogen-bond acceptors (Lipinski definition) is 4. The molecular formula is C15H18N2O4. The zero-order valence-electron chi connectivity index (χ0n) is 12.3. The first kappa shape index (κ1) is 14.9. The Kier molecular flexibility index (Phi) is 4.47. The lowest BCUT2D eigenvalue weighted by Crippen LogP contribution is -2.04. The highest BCUT2D eigenvalue weighted by atomic mass is 16.5. The van der Waals surface area contributed by atoms with E-state index >= 15 is 0 Å². The van der Waals surface area contributed by atoms with Crippen molar-refractivity contribution < 1.29 is 19.4 Å². The van der Waals surface area contributed by atoms with E-state index in [9.17, 15) is 4.79 Å². The molecule has 0 saturated carbocycles. The second-order valence-corrected chi connectivity index (χ2v) is 4.56. The Morgan fingerprint density at radius 2 is 2.10 bits per heavy atom. The lowest BCUT2D eigenvalue weighted by atomic mass is 10.2. The van der Waals surface area contributed by atoms with E-state index < -0.39 is 5.97 Å². The minimum atomic E-state index is -1.00. The van der Waals surface area contributed by atoms with Crippen LogP contribution in [0, 0.1) is 0 Å². The van der Waals surface area contributed by atoms with Gasteiger partial charge >= 0.3 is 5.97 Å². The highest BCUT2D eigenvalue weighted by molar-refractivity contribution is 5.88. The van der Waals surface area contributed by atoms with E-state index in [1.807, 2.05) is 20.0 Å². The SMILES string of the molecule is CCc1cc(COc2ccc(C(=O)O)cc2OC)n(C)n1. The van der Waals surface area contributed by atoms with E-state index in [1.54, 1.807) is 10.7 Å². The van der Waals surface area contributed by atoms with Gasteiger partial charge in [0.05, 0.1) is 24.1 Å². The van der Waals surface area contributed by atoms with Crippen molar-refractivity contribution in [2.75, 3.05) is 7.11 Å². The van der Waals surface area contributed by atoms with E-state index in [4.69, 9.17) is 14.6 Å².